The average molecular weight is 346 g/mol. The number of amides is 1. The number of likely N-dealkylation sites (tertiary alicyclic amines) is 1. The number of piperidine rings is 1. The molecule has 6 heteroatoms. The molecule has 0 aliphatic carbocycles. The monoisotopic (exact) mass is 345 g/mol. The standard InChI is InChI=1S/C17H31N3O2.ClH/c21-17(16-6-1-7-18-16)19-10-14-4-2-8-20(11-14)12-15-5-3-9-22-13-15;/h14-16,18H,1-13H2,(H,19,21);1H. The van der Waals surface area contributed by atoms with Crippen LogP contribution in [0.3, 0.4) is 0 Å². The lowest BCUT2D eigenvalue weighted by molar-refractivity contribution is -0.123. The van der Waals surface area contributed by atoms with Crippen molar-refractivity contribution >= 4 is 18.3 Å². The summed E-state index contributed by atoms with van der Waals surface area (Å²) < 4.78 is 5.60. The van der Waals surface area contributed by atoms with Crippen molar-refractivity contribution in [2.45, 2.75) is 44.6 Å². The van der Waals surface area contributed by atoms with E-state index in [1.54, 1.807) is 0 Å². The molecule has 23 heavy (non-hydrogen) atoms. The number of nitrogens with one attached hydrogen (secondary N) is 2. The fourth-order valence-corrected chi connectivity index (χ4v) is 4.08. The normalized spacial score (nSPS) is 32.3. The highest BCUT2D eigenvalue weighted by Gasteiger charge is 2.26. The molecule has 0 saturated carbocycles. The van der Waals surface area contributed by atoms with Crippen molar-refractivity contribution in [2.75, 3.05) is 45.9 Å². The van der Waals surface area contributed by atoms with Crippen LogP contribution < -0.4 is 10.6 Å². The number of rotatable bonds is 5. The molecule has 2 N–H and O–H groups in total. The first kappa shape index (κ1) is 19.0. The summed E-state index contributed by atoms with van der Waals surface area (Å²) >= 11 is 0. The summed E-state index contributed by atoms with van der Waals surface area (Å²) in [7, 11) is 0. The van der Waals surface area contributed by atoms with Gasteiger partial charge in [0.05, 0.1) is 12.6 Å². The van der Waals surface area contributed by atoms with Gasteiger partial charge >= 0.3 is 0 Å². The van der Waals surface area contributed by atoms with Crippen molar-refractivity contribution in [3.05, 3.63) is 0 Å². The molecule has 0 bridgehead atoms. The van der Waals surface area contributed by atoms with E-state index in [4.69, 9.17) is 4.74 Å². The number of carbonyl (C=O) groups is 1. The molecule has 134 valence electrons. The van der Waals surface area contributed by atoms with E-state index in [1.807, 2.05) is 0 Å². The summed E-state index contributed by atoms with van der Waals surface area (Å²) in [4.78, 5) is 14.7. The molecule has 0 aromatic heterocycles. The van der Waals surface area contributed by atoms with Crippen LogP contribution in [0, 0.1) is 11.8 Å². The Bertz CT molecular complexity index is 358. The molecule has 3 atom stereocenters. The van der Waals surface area contributed by atoms with Crippen LogP contribution in [0.15, 0.2) is 0 Å². The predicted octanol–water partition coefficient (Wildman–Crippen LogP) is 1.41. The van der Waals surface area contributed by atoms with Gasteiger partial charge in [-0.15, -0.1) is 12.4 Å². The molecular formula is C17H32ClN3O2. The number of carbonyl (C=O) groups excluding carboxylic acids is 1. The Morgan fingerprint density at radius 1 is 1.17 bits per heavy atom. The number of halogens is 1. The van der Waals surface area contributed by atoms with Gasteiger partial charge in [0.2, 0.25) is 5.91 Å². The zero-order valence-electron chi connectivity index (χ0n) is 14.1. The van der Waals surface area contributed by atoms with E-state index in [0.717, 1.165) is 45.7 Å². The van der Waals surface area contributed by atoms with Gasteiger partial charge in [-0.3, -0.25) is 4.79 Å². The van der Waals surface area contributed by atoms with Gasteiger partial charge in [0, 0.05) is 26.2 Å². The molecule has 0 spiro atoms. The van der Waals surface area contributed by atoms with E-state index in [0.29, 0.717) is 11.8 Å². The van der Waals surface area contributed by atoms with Crippen molar-refractivity contribution in [2.24, 2.45) is 11.8 Å². The highest BCUT2D eigenvalue weighted by molar-refractivity contribution is 5.85. The minimum Gasteiger partial charge on any atom is -0.381 e. The lowest BCUT2D eigenvalue weighted by Gasteiger charge is -2.36. The third kappa shape index (κ3) is 5.89. The van der Waals surface area contributed by atoms with Gasteiger partial charge in [-0.05, 0) is 63.5 Å². The summed E-state index contributed by atoms with van der Waals surface area (Å²) in [5.41, 5.74) is 0. The van der Waals surface area contributed by atoms with Crippen LogP contribution >= 0.6 is 12.4 Å². The highest BCUT2D eigenvalue weighted by Crippen LogP contribution is 2.20. The molecule has 3 heterocycles. The van der Waals surface area contributed by atoms with Gasteiger partial charge < -0.3 is 20.3 Å². The van der Waals surface area contributed by atoms with Crippen LogP contribution in [0.5, 0.6) is 0 Å². The van der Waals surface area contributed by atoms with Crippen LogP contribution in [0.25, 0.3) is 0 Å². The molecule has 3 fully saturated rings. The summed E-state index contributed by atoms with van der Waals surface area (Å²) in [5, 5.41) is 6.44. The molecule has 0 aromatic rings. The Kier molecular flexibility index (Phi) is 8.10. The third-order valence-corrected chi connectivity index (χ3v) is 5.32. The molecule has 5 nitrogen and oxygen atoms in total. The highest BCUT2D eigenvalue weighted by atomic mass is 35.5. The molecular weight excluding hydrogens is 314 g/mol. The minimum absolute atomic E-state index is 0. The Hall–Kier alpha value is -0.360. The third-order valence-electron chi connectivity index (χ3n) is 5.32. The van der Waals surface area contributed by atoms with Gasteiger partial charge in [-0.1, -0.05) is 0 Å². The largest absolute Gasteiger partial charge is 0.381 e. The molecule has 3 aliphatic heterocycles. The second-order valence-electron chi connectivity index (χ2n) is 7.25. The second kappa shape index (κ2) is 9.82. The average Bonchev–Trinajstić information content (AvgIpc) is 3.08. The van der Waals surface area contributed by atoms with Crippen LogP contribution in [-0.2, 0) is 9.53 Å². The Labute approximate surface area is 146 Å². The van der Waals surface area contributed by atoms with Gasteiger partial charge in [0.1, 0.15) is 0 Å². The van der Waals surface area contributed by atoms with E-state index in [2.05, 4.69) is 15.5 Å². The molecule has 0 aromatic carbocycles. The quantitative estimate of drug-likeness (QED) is 0.791. The summed E-state index contributed by atoms with van der Waals surface area (Å²) in [6, 6.07) is 0.0547. The first-order chi connectivity index (χ1) is 10.8. The van der Waals surface area contributed by atoms with E-state index in [9.17, 15) is 4.79 Å². The smallest absolute Gasteiger partial charge is 0.237 e. The summed E-state index contributed by atoms with van der Waals surface area (Å²) in [6.45, 7) is 7.23. The van der Waals surface area contributed by atoms with Crippen molar-refractivity contribution < 1.29 is 9.53 Å². The maximum absolute atomic E-state index is 12.1. The van der Waals surface area contributed by atoms with E-state index < -0.39 is 0 Å². The Morgan fingerprint density at radius 3 is 2.78 bits per heavy atom. The zero-order valence-corrected chi connectivity index (χ0v) is 14.9. The van der Waals surface area contributed by atoms with Gasteiger partial charge in [0.15, 0.2) is 0 Å². The number of ether oxygens (including phenoxy) is 1. The van der Waals surface area contributed by atoms with E-state index in [-0.39, 0.29) is 24.4 Å². The maximum Gasteiger partial charge on any atom is 0.237 e. The molecule has 3 unspecified atom stereocenters. The van der Waals surface area contributed by atoms with Crippen LogP contribution in [0.4, 0.5) is 0 Å². The molecule has 3 aliphatic rings. The molecule has 3 saturated heterocycles. The SMILES string of the molecule is Cl.O=C(NCC1CCCN(CC2CCCOC2)C1)C1CCCN1. The lowest BCUT2D eigenvalue weighted by Crippen LogP contribution is -2.46. The first-order valence-electron chi connectivity index (χ1n) is 9.12. The fraction of sp³-hybridized carbons (Fsp3) is 0.941. The second-order valence-corrected chi connectivity index (χ2v) is 7.25. The molecule has 1 amide bonds. The van der Waals surface area contributed by atoms with Gasteiger partial charge in [0.25, 0.3) is 0 Å². The van der Waals surface area contributed by atoms with Crippen LogP contribution in [0.1, 0.15) is 38.5 Å². The van der Waals surface area contributed by atoms with Crippen molar-refractivity contribution in [3.8, 4) is 0 Å². The number of nitrogens with zero attached hydrogens (tertiary/aromatic N) is 1. The van der Waals surface area contributed by atoms with E-state index in [1.165, 1.54) is 38.8 Å². The topological polar surface area (TPSA) is 53.6 Å². The lowest BCUT2D eigenvalue weighted by atomic mass is 9.95. The minimum atomic E-state index is 0. The Morgan fingerprint density at radius 2 is 2.04 bits per heavy atom. The van der Waals surface area contributed by atoms with Crippen LogP contribution in [0.2, 0.25) is 0 Å². The fourth-order valence-electron chi connectivity index (χ4n) is 4.08. The molecule has 0 radical (unpaired) electrons. The van der Waals surface area contributed by atoms with Crippen molar-refractivity contribution in [1.82, 2.24) is 15.5 Å². The van der Waals surface area contributed by atoms with Gasteiger partial charge in [-0.25, -0.2) is 0 Å². The number of hydrogen-bond donors (Lipinski definition) is 2. The number of hydrogen-bond acceptors (Lipinski definition) is 4. The van der Waals surface area contributed by atoms with Crippen molar-refractivity contribution in [1.29, 1.82) is 0 Å². The summed E-state index contributed by atoms with van der Waals surface area (Å²) in [5.74, 6) is 1.53. The zero-order chi connectivity index (χ0) is 15.2. The predicted molar refractivity (Wildman–Crippen MR) is 94.0 cm³/mol. The van der Waals surface area contributed by atoms with Crippen LogP contribution in [-0.4, -0.2) is 62.8 Å². The first-order valence-corrected chi connectivity index (χ1v) is 9.12. The van der Waals surface area contributed by atoms with Gasteiger partial charge in [-0.2, -0.15) is 0 Å². The molecule has 3 rings (SSSR count). The Balaban J connectivity index is 0.00000192. The van der Waals surface area contributed by atoms with Crippen molar-refractivity contribution in [3.63, 3.8) is 0 Å². The van der Waals surface area contributed by atoms with E-state index >= 15 is 0 Å². The summed E-state index contributed by atoms with van der Waals surface area (Å²) in [6.07, 6.45) is 7.15. The maximum atomic E-state index is 12.1.